The van der Waals surface area contributed by atoms with Crippen LogP contribution in [0.3, 0.4) is 0 Å². The van der Waals surface area contributed by atoms with E-state index in [-0.39, 0.29) is 24.5 Å². The summed E-state index contributed by atoms with van der Waals surface area (Å²) in [5.74, 6) is -0.582. The highest BCUT2D eigenvalue weighted by molar-refractivity contribution is 9.10. The van der Waals surface area contributed by atoms with Gasteiger partial charge in [-0.15, -0.1) is 0 Å². The van der Waals surface area contributed by atoms with E-state index in [9.17, 15) is 14.4 Å². The standard InChI is InChI=1S/C27H20BrClN2O5/c1-2-13-35-24-12-7-19(28)14-18(24)15-22-25(32)30-27(34)31(26(22)33)20-8-10-21(11-9-20)36-16-17-5-3-4-6-23(17)29/h2-12,14-15H,1,13,16H2,(H,30,32,34)/b22-15+. The lowest BCUT2D eigenvalue weighted by Gasteiger charge is -2.26. The van der Waals surface area contributed by atoms with Crippen molar-refractivity contribution in [2.45, 2.75) is 6.61 Å². The number of nitrogens with one attached hydrogen (secondary N) is 1. The zero-order valence-electron chi connectivity index (χ0n) is 18.9. The summed E-state index contributed by atoms with van der Waals surface area (Å²) < 4.78 is 12.1. The Bertz CT molecular complexity index is 1370. The number of anilines is 1. The number of barbiturate groups is 1. The highest BCUT2D eigenvalue weighted by Gasteiger charge is 2.37. The minimum absolute atomic E-state index is 0.213. The molecule has 0 aliphatic carbocycles. The van der Waals surface area contributed by atoms with Gasteiger partial charge in [-0.05, 0) is 54.6 Å². The van der Waals surface area contributed by atoms with Crippen LogP contribution in [-0.2, 0) is 16.2 Å². The molecule has 36 heavy (non-hydrogen) atoms. The van der Waals surface area contributed by atoms with Crippen molar-refractivity contribution in [1.29, 1.82) is 0 Å². The molecule has 182 valence electrons. The number of benzene rings is 3. The third kappa shape index (κ3) is 5.67. The van der Waals surface area contributed by atoms with Crippen LogP contribution in [0.1, 0.15) is 11.1 Å². The summed E-state index contributed by atoms with van der Waals surface area (Å²) >= 11 is 9.54. The van der Waals surface area contributed by atoms with E-state index in [0.717, 1.165) is 14.9 Å². The maximum atomic E-state index is 13.3. The zero-order chi connectivity index (χ0) is 25.7. The van der Waals surface area contributed by atoms with E-state index in [1.165, 1.54) is 6.08 Å². The van der Waals surface area contributed by atoms with Crippen LogP contribution in [0.4, 0.5) is 10.5 Å². The van der Waals surface area contributed by atoms with Gasteiger partial charge in [0.2, 0.25) is 0 Å². The topological polar surface area (TPSA) is 84.9 Å². The first kappa shape index (κ1) is 25.2. The molecule has 1 fully saturated rings. The van der Waals surface area contributed by atoms with Gasteiger partial charge >= 0.3 is 6.03 Å². The van der Waals surface area contributed by atoms with Gasteiger partial charge in [0, 0.05) is 20.6 Å². The molecule has 1 aliphatic rings. The number of halogens is 2. The van der Waals surface area contributed by atoms with E-state index in [2.05, 4.69) is 27.8 Å². The molecule has 0 aromatic heterocycles. The summed E-state index contributed by atoms with van der Waals surface area (Å²) in [6.45, 7) is 4.12. The lowest BCUT2D eigenvalue weighted by Crippen LogP contribution is -2.54. The maximum absolute atomic E-state index is 13.3. The quantitative estimate of drug-likeness (QED) is 0.208. The maximum Gasteiger partial charge on any atom is 0.335 e. The number of hydrogen-bond donors (Lipinski definition) is 1. The summed E-state index contributed by atoms with van der Waals surface area (Å²) in [6.07, 6.45) is 2.97. The van der Waals surface area contributed by atoms with Crippen molar-refractivity contribution < 1.29 is 23.9 Å². The second kappa shape index (κ2) is 11.2. The molecule has 1 heterocycles. The molecule has 0 spiro atoms. The fraction of sp³-hybridized carbons (Fsp3) is 0.0741. The lowest BCUT2D eigenvalue weighted by molar-refractivity contribution is -0.122. The van der Waals surface area contributed by atoms with Crippen LogP contribution in [0.5, 0.6) is 11.5 Å². The number of ether oxygens (including phenoxy) is 2. The van der Waals surface area contributed by atoms with Crippen LogP contribution < -0.4 is 19.7 Å². The van der Waals surface area contributed by atoms with Crippen LogP contribution in [0, 0.1) is 0 Å². The first-order chi connectivity index (χ1) is 17.4. The molecule has 1 aliphatic heterocycles. The molecule has 3 aromatic rings. The van der Waals surface area contributed by atoms with E-state index < -0.39 is 17.8 Å². The molecule has 9 heteroatoms. The number of amides is 4. The fourth-order valence-electron chi connectivity index (χ4n) is 3.43. The molecule has 0 unspecified atom stereocenters. The lowest BCUT2D eigenvalue weighted by atomic mass is 10.1. The molecular weight excluding hydrogens is 548 g/mol. The number of urea groups is 1. The third-order valence-electron chi connectivity index (χ3n) is 5.18. The molecule has 0 atom stereocenters. The van der Waals surface area contributed by atoms with E-state index in [0.29, 0.717) is 22.1 Å². The van der Waals surface area contributed by atoms with Crippen molar-refractivity contribution in [3.63, 3.8) is 0 Å². The predicted octanol–water partition coefficient (Wildman–Crippen LogP) is 5.91. The first-order valence-corrected chi connectivity index (χ1v) is 12.0. The van der Waals surface area contributed by atoms with Gasteiger partial charge in [-0.25, -0.2) is 9.69 Å². The molecule has 0 saturated carbocycles. The molecule has 4 amide bonds. The molecule has 4 rings (SSSR count). The van der Waals surface area contributed by atoms with E-state index in [4.69, 9.17) is 21.1 Å². The smallest absolute Gasteiger partial charge is 0.335 e. The number of rotatable bonds is 8. The van der Waals surface area contributed by atoms with Crippen molar-refractivity contribution >= 4 is 57.1 Å². The van der Waals surface area contributed by atoms with E-state index in [1.807, 2.05) is 18.2 Å². The largest absolute Gasteiger partial charge is 0.489 e. The fourth-order valence-corrected chi connectivity index (χ4v) is 4.00. The molecule has 0 bridgehead atoms. The molecular formula is C27H20BrClN2O5. The Balaban J connectivity index is 1.57. The average Bonchev–Trinajstić information content (AvgIpc) is 2.86. The normalized spacial score (nSPS) is 14.6. The van der Waals surface area contributed by atoms with Crippen LogP contribution in [0.25, 0.3) is 6.08 Å². The second-order valence-electron chi connectivity index (χ2n) is 7.61. The second-order valence-corrected chi connectivity index (χ2v) is 8.94. The van der Waals surface area contributed by atoms with Crippen molar-refractivity contribution in [2.24, 2.45) is 0 Å². The molecule has 3 aromatic carbocycles. The number of hydrogen-bond acceptors (Lipinski definition) is 5. The molecule has 1 saturated heterocycles. The summed E-state index contributed by atoms with van der Waals surface area (Å²) in [5, 5.41) is 2.81. The Labute approximate surface area is 221 Å². The van der Waals surface area contributed by atoms with Gasteiger partial charge in [0.25, 0.3) is 11.8 Å². The van der Waals surface area contributed by atoms with Gasteiger partial charge in [-0.3, -0.25) is 14.9 Å². The monoisotopic (exact) mass is 566 g/mol. The molecule has 0 radical (unpaired) electrons. The minimum Gasteiger partial charge on any atom is -0.489 e. The van der Waals surface area contributed by atoms with Gasteiger partial charge in [0.05, 0.1) is 5.69 Å². The van der Waals surface area contributed by atoms with Crippen LogP contribution in [0.2, 0.25) is 5.02 Å². The van der Waals surface area contributed by atoms with Crippen molar-refractivity contribution in [3.05, 3.63) is 106 Å². The number of carbonyl (C=O) groups is 3. The number of carbonyl (C=O) groups excluding carboxylic acids is 3. The van der Waals surface area contributed by atoms with Gasteiger partial charge in [-0.1, -0.05) is 58.4 Å². The Morgan fingerprint density at radius 1 is 1.00 bits per heavy atom. The van der Waals surface area contributed by atoms with Crippen LogP contribution in [-0.4, -0.2) is 24.5 Å². The Morgan fingerprint density at radius 2 is 1.75 bits per heavy atom. The van der Waals surface area contributed by atoms with Gasteiger partial charge in [0.1, 0.15) is 30.3 Å². The summed E-state index contributed by atoms with van der Waals surface area (Å²) in [7, 11) is 0. The average molecular weight is 568 g/mol. The Kier molecular flexibility index (Phi) is 7.87. The predicted molar refractivity (Wildman–Crippen MR) is 141 cm³/mol. The van der Waals surface area contributed by atoms with Crippen LogP contribution in [0.15, 0.2) is 89.4 Å². The Hall–Kier alpha value is -3.88. The van der Waals surface area contributed by atoms with Gasteiger partial charge < -0.3 is 9.47 Å². The van der Waals surface area contributed by atoms with Crippen molar-refractivity contribution in [3.8, 4) is 11.5 Å². The van der Waals surface area contributed by atoms with E-state index in [1.54, 1.807) is 54.6 Å². The SMILES string of the molecule is C=CCOc1ccc(Br)cc1/C=C1\C(=O)NC(=O)N(c2ccc(OCc3ccccc3Cl)cc2)C1=O. The van der Waals surface area contributed by atoms with E-state index >= 15 is 0 Å². The van der Waals surface area contributed by atoms with Gasteiger partial charge in [0.15, 0.2) is 0 Å². The molecule has 1 N–H and O–H groups in total. The number of imide groups is 2. The zero-order valence-corrected chi connectivity index (χ0v) is 21.2. The minimum atomic E-state index is -0.843. The highest BCUT2D eigenvalue weighted by Crippen LogP contribution is 2.29. The van der Waals surface area contributed by atoms with Crippen LogP contribution >= 0.6 is 27.5 Å². The Morgan fingerprint density at radius 3 is 2.47 bits per heavy atom. The highest BCUT2D eigenvalue weighted by atomic mass is 79.9. The van der Waals surface area contributed by atoms with Gasteiger partial charge in [-0.2, -0.15) is 0 Å². The summed E-state index contributed by atoms with van der Waals surface area (Å²) in [5.41, 5.74) is 1.38. The summed E-state index contributed by atoms with van der Waals surface area (Å²) in [6, 6.07) is 18.0. The molecule has 7 nitrogen and oxygen atoms in total. The third-order valence-corrected chi connectivity index (χ3v) is 6.04. The first-order valence-electron chi connectivity index (χ1n) is 10.8. The number of nitrogens with zero attached hydrogens (tertiary/aromatic N) is 1. The van der Waals surface area contributed by atoms with Crippen molar-refractivity contribution in [2.75, 3.05) is 11.5 Å². The van der Waals surface area contributed by atoms with Crippen molar-refractivity contribution in [1.82, 2.24) is 5.32 Å². The summed E-state index contributed by atoms with van der Waals surface area (Å²) in [4.78, 5) is 39.3.